The van der Waals surface area contributed by atoms with E-state index in [0.717, 1.165) is 12.5 Å². The summed E-state index contributed by atoms with van der Waals surface area (Å²) in [5.41, 5.74) is 0. The molecule has 2 aliphatic heterocycles. The van der Waals surface area contributed by atoms with Gasteiger partial charge in [-0.05, 0) is 46.1 Å². The van der Waals surface area contributed by atoms with Crippen LogP contribution in [0.1, 0.15) is 46.0 Å². The number of aliphatic hydroxyl groups is 1. The van der Waals surface area contributed by atoms with Gasteiger partial charge in [-0.3, -0.25) is 4.90 Å². The Balaban J connectivity index is 1.81. The van der Waals surface area contributed by atoms with Crippen LogP contribution in [0.3, 0.4) is 0 Å². The summed E-state index contributed by atoms with van der Waals surface area (Å²) in [5, 5.41) is 13.1. The van der Waals surface area contributed by atoms with Crippen molar-refractivity contribution in [1.82, 2.24) is 10.2 Å². The molecule has 0 bridgehead atoms. The topological polar surface area (TPSA) is 35.5 Å². The number of nitrogens with one attached hydrogen (secondary N) is 1. The van der Waals surface area contributed by atoms with E-state index in [1.165, 1.54) is 38.8 Å². The van der Waals surface area contributed by atoms with Crippen LogP contribution in [0.2, 0.25) is 0 Å². The third-order valence-electron chi connectivity index (χ3n) is 4.05. The van der Waals surface area contributed by atoms with Gasteiger partial charge < -0.3 is 10.4 Å². The Hall–Kier alpha value is -0.120. The van der Waals surface area contributed by atoms with Gasteiger partial charge in [-0.15, -0.1) is 0 Å². The Labute approximate surface area is 99.2 Å². The molecule has 3 heteroatoms. The first-order valence-corrected chi connectivity index (χ1v) is 6.85. The summed E-state index contributed by atoms with van der Waals surface area (Å²) in [6.07, 6.45) is 6.10. The molecule has 4 unspecified atom stereocenters. The molecule has 0 aromatic heterocycles. The molecule has 2 heterocycles. The van der Waals surface area contributed by atoms with E-state index >= 15 is 0 Å². The second-order valence-electron chi connectivity index (χ2n) is 5.65. The average molecular weight is 226 g/mol. The highest BCUT2D eigenvalue weighted by Crippen LogP contribution is 2.27. The molecule has 2 saturated heterocycles. The number of aliphatic hydroxyl groups excluding tert-OH is 1. The van der Waals surface area contributed by atoms with Crippen molar-refractivity contribution < 1.29 is 5.11 Å². The molecule has 0 aromatic carbocycles. The van der Waals surface area contributed by atoms with Crippen LogP contribution in [0, 0.1) is 0 Å². The van der Waals surface area contributed by atoms with Gasteiger partial charge in [0.25, 0.3) is 0 Å². The van der Waals surface area contributed by atoms with Crippen molar-refractivity contribution in [3.8, 4) is 0 Å². The minimum absolute atomic E-state index is 0.189. The number of rotatable bonds is 4. The van der Waals surface area contributed by atoms with E-state index in [1.54, 1.807) is 0 Å². The number of hydrogen-bond donors (Lipinski definition) is 2. The van der Waals surface area contributed by atoms with Gasteiger partial charge in [0.1, 0.15) is 0 Å². The minimum atomic E-state index is -0.189. The minimum Gasteiger partial charge on any atom is -0.393 e. The fraction of sp³-hybridized carbons (Fsp3) is 1.00. The summed E-state index contributed by atoms with van der Waals surface area (Å²) >= 11 is 0. The predicted octanol–water partition coefficient (Wildman–Crippen LogP) is 1.36. The van der Waals surface area contributed by atoms with E-state index in [-0.39, 0.29) is 6.10 Å². The molecule has 4 atom stereocenters. The van der Waals surface area contributed by atoms with Gasteiger partial charge in [0, 0.05) is 24.7 Å². The molecule has 3 nitrogen and oxygen atoms in total. The summed E-state index contributed by atoms with van der Waals surface area (Å²) in [6.45, 7) is 6.63. The number of fused-ring (bicyclic) bond motifs is 1. The molecule has 2 rings (SSSR count). The first-order chi connectivity index (χ1) is 7.66. The van der Waals surface area contributed by atoms with E-state index in [4.69, 9.17) is 0 Å². The maximum absolute atomic E-state index is 9.38. The second-order valence-corrected chi connectivity index (χ2v) is 5.65. The molecule has 0 spiro atoms. The maximum Gasteiger partial charge on any atom is 0.0526 e. The predicted molar refractivity (Wildman–Crippen MR) is 66.5 cm³/mol. The Morgan fingerprint density at radius 1 is 1.25 bits per heavy atom. The molecule has 2 fully saturated rings. The van der Waals surface area contributed by atoms with Crippen molar-refractivity contribution in [2.75, 3.05) is 13.1 Å². The van der Waals surface area contributed by atoms with Crippen LogP contribution in [-0.2, 0) is 0 Å². The third kappa shape index (κ3) is 2.96. The quantitative estimate of drug-likeness (QED) is 0.760. The van der Waals surface area contributed by atoms with Crippen LogP contribution in [-0.4, -0.2) is 47.3 Å². The highest BCUT2D eigenvalue weighted by molar-refractivity contribution is 4.94. The van der Waals surface area contributed by atoms with Crippen molar-refractivity contribution in [1.29, 1.82) is 0 Å². The molecular formula is C13H26N2O. The normalized spacial score (nSPS) is 34.7. The summed E-state index contributed by atoms with van der Waals surface area (Å²) in [4.78, 5) is 2.65. The fourth-order valence-corrected chi connectivity index (χ4v) is 3.39. The molecule has 2 N–H and O–H groups in total. The summed E-state index contributed by atoms with van der Waals surface area (Å²) < 4.78 is 0. The molecule has 0 radical (unpaired) electrons. The molecule has 0 amide bonds. The number of nitrogens with zero attached hydrogens (tertiary/aromatic N) is 1. The number of piperidine rings is 1. The van der Waals surface area contributed by atoms with E-state index in [9.17, 15) is 5.11 Å². The first-order valence-electron chi connectivity index (χ1n) is 6.85. The van der Waals surface area contributed by atoms with Gasteiger partial charge in [-0.25, -0.2) is 0 Å². The van der Waals surface area contributed by atoms with E-state index < -0.39 is 0 Å². The van der Waals surface area contributed by atoms with Crippen LogP contribution in [0.15, 0.2) is 0 Å². The monoisotopic (exact) mass is 226 g/mol. The lowest BCUT2D eigenvalue weighted by Crippen LogP contribution is -2.48. The Kier molecular flexibility index (Phi) is 4.22. The van der Waals surface area contributed by atoms with Crippen LogP contribution in [0.4, 0.5) is 0 Å². The SMILES string of the molecule is CC(O)CC(C)NC1CCN2CCCCC12. The second kappa shape index (κ2) is 5.48. The van der Waals surface area contributed by atoms with Crippen LogP contribution < -0.4 is 5.32 Å². The lowest BCUT2D eigenvalue weighted by atomic mass is 9.98. The average Bonchev–Trinajstić information content (AvgIpc) is 2.61. The van der Waals surface area contributed by atoms with Gasteiger partial charge >= 0.3 is 0 Å². The molecule has 94 valence electrons. The van der Waals surface area contributed by atoms with Gasteiger partial charge in [0.15, 0.2) is 0 Å². The molecular weight excluding hydrogens is 200 g/mol. The summed E-state index contributed by atoms with van der Waals surface area (Å²) in [6, 6.07) is 1.87. The fourth-order valence-electron chi connectivity index (χ4n) is 3.39. The van der Waals surface area contributed by atoms with Gasteiger partial charge in [-0.1, -0.05) is 6.42 Å². The third-order valence-corrected chi connectivity index (χ3v) is 4.05. The largest absolute Gasteiger partial charge is 0.393 e. The summed E-state index contributed by atoms with van der Waals surface area (Å²) in [5.74, 6) is 0. The first kappa shape index (κ1) is 12.3. The molecule has 0 aliphatic carbocycles. The Morgan fingerprint density at radius 3 is 2.81 bits per heavy atom. The van der Waals surface area contributed by atoms with Crippen molar-refractivity contribution >= 4 is 0 Å². The lowest BCUT2D eigenvalue weighted by Gasteiger charge is -2.34. The maximum atomic E-state index is 9.38. The van der Waals surface area contributed by atoms with Crippen LogP contribution in [0.5, 0.6) is 0 Å². The lowest BCUT2D eigenvalue weighted by molar-refractivity contribution is 0.153. The van der Waals surface area contributed by atoms with Gasteiger partial charge in [-0.2, -0.15) is 0 Å². The van der Waals surface area contributed by atoms with E-state index in [2.05, 4.69) is 17.1 Å². The van der Waals surface area contributed by atoms with E-state index in [0.29, 0.717) is 12.1 Å². The summed E-state index contributed by atoms with van der Waals surface area (Å²) in [7, 11) is 0. The van der Waals surface area contributed by atoms with Gasteiger partial charge in [0.2, 0.25) is 0 Å². The van der Waals surface area contributed by atoms with Crippen LogP contribution in [0.25, 0.3) is 0 Å². The zero-order valence-corrected chi connectivity index (χ0v) is 10.7. The smallest absolute Gasteiger partial charge is 0.0526 e. The highest BCUT2D eigenvalue weighted by atomic mass is 16.3. The van der Waals surface area contributed by atoms with Crippen molar-refractivity contribution in [3.63, 3.8) is 0 Å². The molecule has 0 saturated carbocycles. The van der Waals surface area contributed by atoms with Crippen molar-refractivity contribution in [2.45, 2.75) is 70.2 Å². The van der Waals surface area contributed by atoms with Crippen LogP contribution >= 0.6 is 0 Å². The zero-order valence-electron chi connectivity index (χ0n) is 10.7. The number of hydrogen-bond acceptors (Lipinski definition) is 3. The molecule has 0 aromatic rings. The van der Waals surface area contributed by atoms with Crippen molar-refractivity contribution in [2.24, 2.45) is 0 Å². The highest BCUT2D eigenvalue weighted by Gasteiger charge is 2.35. The van der Waals surface area contributed by atoms with Crippen molar-refractivity contribution in [3.05, 3.63) is 0 Å². The van der Waals surface area contributed by atoms with E-state index in [1.807, 2.05) is 6.92 Å². The Morgan fingerprint density at radius 2 is 2.06 bits per heavy atom. The molecule has 16 heavy (non-hydrogen) atoms. The molecule has 2 aliphatic rings. The zero-order chi connectivity index (χ0) is 11.5. The standard InChI is InChI=1S/C13H26N2O/c1-10(9-11(2)16)14-12-6-8-15-7-4-3-5-13(12)15/h10-14,16H,3-9H2,1-2H3. The Bertz CT molecular complexity index is 220. The van der Waals surface area contributed by atoms with Gasteiger partial charge in [0.05, 0.1) is 6.10 Å².